The first-order chi connectivity index (χ1) is 11.8. The van der Waals surface area contributed by atoms with Crippen LogP contribution in [-0.4, -0.2) is 32.8 Å². The van der Waals surface area contributed by atoms with Crippen molar-refractivity contribution in [3.05, 3.63) is 65.2 Å². The van der Waals surface area contributed by atoms with Crippen molar-refractivity contribution >= 4 is 16.1 Å². The van der Waals surface area contributed by atoms with Crippen LogP contribution in [0.1, 0.15) is 16.7 Å². The maximum Gasteiger partial charge on any atom is 0.315 e. The number of nitrogens with zero attached hydrogens (tertiary/aromatic N) is 1. The lowest BCUT2D eigenvalue weighted by Gasteiger charge is -2.15. The molecule has 25 heavy (non-hydrogen) atoms. The highest BCUT2D eigenvalue weighted by molar-refractivity contribution is 7.89. The molecule has 0 spiro atoms. The van der Waals surface area contributed by atoms with E-state index in [0.717, 1.165) is 15.4 Å². The van der Waals surface area contributed by atoms with Gasteiger partial charge in [0.1, 0.15) is 0 Å². The highest BCUT2D eigenvalue weighted by atomic mass is 32.2. The lowest BCUT2D eigenvalue weighted by atomic mass is 10.1. The van der Waals surface area contributed by atoms with E-state index in [1.165, 1.54) is 20.2 Å². The molecule has 0 aliphatic heterocycles. The van der Waals surface area contributed by atoms with Gasteiger partial charge in [0.15, 0.2) is 0 Å². The topological polar surface area (TPSA) is 78.5 Å². The minimum Gasteiger partial charge on any atom is -0.334 e. The maximum absolute atomic E-state index is 12.3. The first-order valence-corrected chi connectivity index (χ1v) is 9.32. The van der Waals surface area contributed by atoms with Crippen LogP contribution in [0.25, 0.3) is 0 Å². The van der Waals surface area contributed by atoms with Crippen LogP contribution >= 0.6 is 0 Å². The number of nitrogens with one attached hydrogen (secondary N) is 2. The summed E-state index contributed by atoms with van der Waals surface area (Å²) in [6.07, 6.45) is 0. The monoisotopic (exact) mass is 361 g/mol. The quantitative estimate of drug-likeness (QED) is 0.828. The third-order valence-corrected chi connectivity index (χ3v) is 5.66. The summed E-state index contributed by atoms with van der Waals surface area (Å²) in [6, 6.07) is 14.2. The number of rotatable bonds is 6. The van der Waals surface area contributed by atoms with Gasteiger partial charge in [-0.15, -0.1) is 0 Å². The van der Waals surface area contributed by atoms with E-state index < -0.39 is 10.0 Å². The number of amides is 2. The molecule has 0 aliphatic carbocycles. The molecule has 134 valence electrons. The molecule has 7 heteroatoms. The molecule has 0 fully saturated rings. The Morgan fingerprint density at radius 2 is 1.56 bits per heavy atom. The van der Waals surface area contributed by atoms with E-state index >= 15 is 0 Å². The van der Waals surface area contributed by atoms with Crippen molar-refractivity contribution in [3.63, 3.8) is 0 Å². The first-order valence-electron chi connectivity index (χ1n) is 7.88. The number of hydrogen-bond acceptors (Lipinski definition) is 3. The van der Waals surface area contributed by atoms with E-state index in [2.05, 4.69) is 10.6 Å². The van der Waals surface area contributed by atoms with Crippen LogP contribution < -0.4 is 10.6 Å². The van der Waals surface area contributed by atoms with Gasteiger partial charge in [-0.2, -0.15) is 0 Å². The predicted octanol–water partition coefficient (Wildman–Crippen LogP) is 2.24. The molecule has 0 saturated carbocycles. The summed E-state index contributed by atoms with van der Waals surface area (Å²) in [7, 11) is -0.593. The Hall–Kier alpha value is -2.38. The van der Waals surface area contributed by atoms with Crippen molar-refractivity contribution < 1.29 is 13.2 Å². The molecule has 0 bridgehead atoms. The third kappa shape index (κ3) is 5.04. The molecule has 0 radical (unpaired) electrons. The summed E-state index contributed by atoms with van der Waals surface area (Å²) in [6.45, 7) is 2.54. The zero-order chi connectivity index (χ0) is 18.4. The Bertz CT molecular complexity index is 831. The Labute approximate surface area is 148 Å². The van der Waals surface area contributed by atoms with E-state index in [0.29, 0.717) is 12.1 Å². The van der Waals surface area contributed by atoms with Gasteiger partial charge in [0, 0.05) is 27.2 Å². The Morgan fingerprint density at radius 1 is 0.960 bits per heavy atom. The summed E-state index contributed by atoms with van der Waals surface area (Å²) in [5, 5.41) is 5.46. The van der Waals surface area contributed by atoms with Crippen molar-refractivity contribution in [1.29, 1.82) is 0 Å². The normalized spacial score (nSPS) is 11.4. The fourth-order valence-electron chi connectivity index (χ4n) is 2.22. The molecular formula is C18H23N3O3S. The van der Waals surface area contributed by atoms with Crippen LogP contribution in [-0.2, 0) is 23.1 Å². The second-order valence-electron chi connectivity index (χ2n) is 5.92. The molecule has 0 heterocycles. The van der Waals surface area contributed by atoms with Crippen LogP contribution in [0.4, 0.5) is 4.79 Å². The number of hydrogen-bond donors (Lipinski definition) is 2. The number of sulfonamides is 1. The molecule has 0 saturated heterocycles. The number of carbonyl (C=O) groups is 1. The highest BCUT2D eigenvalue weighted by Crippen LogP contribution is 2.18. The van der Waals surface area contributed by atoms with E-state index in [9.17, 15) is 13.2 Å². The standard InChI is InChI=1S/C18H23N3O3S/c1-14-8-10-15(11-9-14)12-19-18(22)20-13-16-6-4-5-7-17(16)25(23,24)21(2)3/h4-11H,12-13H2,1-3H3,(H2,19,20,22). The fourth-order valence-corrected chi connectivity index (χ4v) is 3.34. The molecule has 0 aliphatic rings. The Morgan fingerprint density at radius 3 is 2.20 bits per heavy atom. The molecule has 6 nitrogen and oxygen atoms in total. The number of aryl methyl sites for hydroxylation is 1. The zero-order valence-corrected chi connectivity index (χ0v) is 15.4. The molecule has 2 rings (SSSR count). The molecule has 0 unspecified atom stereocenters. The average Bonchev–Trinajstić information content (AvgIpc) is 2.59. The van der Waals surface area contributed by atoms with Gasteiger partial charge in [-0.05, 0) is 24.1 Å². The average molecular weight is 361 g/mol. The third-order valence-electron chi connectivity index (χ3n) is 3.74. The van der Waals surface area contributed by atoms with Gasteiger partial charge < -0.3 is 10.6 Å². The highest BCUT2D eigenvalue weighted by Gasteiger charge is 2.20. The smallest absolute Gasteiger partial charge is 0.315 e. The van der Waals surface area contributed by atoms with Crippen molar-refractivity contribution in [3.8, 4) is 0 Å². The summed E-state index contributed by atoms with van der Waals surface area (Å²) >= 11 is 0. The Balaban J connectivity index is 1.97. The van der Waals surface area contributed by atoms with Gasteiger partial charge in [0.25, 0.3) is 0 Å². The van der Waals surface area contributed by atoms with E-state index in [1.807, 2.05) is 31.2 Å². The van der Waals surface area contributed by atoms with Crippen molar-refractivity contribution in [1.82, 2.24) is 14.9 Å². The summed E-state index contributed by atoms with van der Waals surface area (Å²) in [4.78, 5) is 12.2. The number of urea groups is 1. The van der Waals surface area contributed by atoms with E-state index in [1.54, 1.807) is 18.2 Å². The molecule has 0 atom stereocenters. The van der Waals surface area contributed by atoms with E-state index in [-0.39, 0.29) is 17.5 Å². The van der Waals surface area contributed by atoms with Gasteiger partial charge in [-0.1, -0.05) is 48.0 Å². The van der Waals surface area contributed by atoms with Gasteiger partial charge >= 0.3 is 6.03 Å². The lowest BCUT2D eigenvalue weighted by molar-refractivity contribution is 0.240. The predicted molar refractivity (Wildman–Crippen MR) is 97.6 cm³/mol. The molecule has 2 amide bonds. The minimum atomic E-state index is -3.55. The summed E-state index contributed by atoms with van der Waals surface area (Å²) < 4.78 is 25.8. The fraction of sp³-hybridized carbons (Fsp3) is 0.278. The van der Waals surface area contributed by atoms with Crippen LogP contribution in [0.5, 0.6) is 0 Å². The van der Waals surface area contributed by atoms with Gasteiger partial charge in [0.05, 0.1) is 4.90 Å². The summed E-state index contributed by atoms with van der Waals surface area (Å²) in [5.74, 6) is 0. The number of benzene rings is 2. The van der Waals surface area contributed by atoms with Crippen molar-refractivity contribution in [2.24, 2.45) is 0 Å². The first kappa shape index (κ1) is 19.0. The molecule has 0 aromatic heterocycles. The van der Waals surface area contributed by atoms with Crippen LogP contribution in [0.2, 0.25) is 0 Å². The number of carbonyl (C=O) groups excluding carboxylic acids is 1. The maximum atomic E-state index is 12.3. The van der Waals surface area contributed by atoms with Crippen LogP contribution in [0.15, 0.2) is 53.4 Å². The Kier molecular flexibility index (Phi) is 6.17. The van der Waals surface area contributed by atoms with Crippen molar-refractivity contribution in [2.75, 3.05) is 14.1 Å². The van der Waals surface area contributed by atoms with Gasteiger partial charge in [0.2, 0.25) is 10.0 Å². The lowest BCUT2D eigenvalue weighted by Crippen LogP contribution is -2.35. The molecular weight excluding hydrogens is 338 g/mol. The molecule has 2 aromatic rings. The van der Waals surface area contributed by atoms with Crippen LogP contribution in [0.3, 0.4) is 0 Å². The molecule has 2 aromatic carbocycles. The second-order valence-corrected chi connectivity index (χ2v) is 8.04. The largest absolute Gasteiger partial charge is 0.334 e. The van der Waals surface area contributed by atoms with Gasteiger partial charge in [-0.25, -0.2) is 17.5 Å². The molecule has 2 N–H and O–H groups in total. The SMILES string of the molecule is Cc1ccc(CNC(=O)NCc2ccccc2S(=O)(=O)N(C)C)cc1. The minimum absolute atomic E-state index is 0.128. The van der Waals surface area contributed by atoms with Gasteiger partial charge in [-0.3, -0.25) is 0 Å². The van der Waals surface area contributed by atoms with Crippen molar-refractivity contribution in [2.45, 2.75) is 24.9 Å². The van der Waals surface area contributed by atoms with E-state index in [4.69, 9.17) is 0 Å². The van der Waals surface area contributed by atoms with Crippen LogP contribution in [0, 0.1) is 6.92 Å². The second kappa shape index (κ2) is 8.13. The zero-order valence-electron chi connectivity index (χ0n) is 14.6. The summed E-state index contributed by atoms with van der Waals surface area (Å²) in [5.41, 5.74) is 2.70.